The smallest absolute Gasteiger partial charge is 0.0341 e. The molecular formula is C15H24N2. The lowest BCUT2D eigenvalue weighted by molar-refractivity contribution is 0.464. The summed E-state index contributed by atoms with van der Waals surface area (Å²) in [6.45, 7) is 5.66. The van der Waals surface area contributed by atoms with Gasteiger partial charge in [-0.05, 0) is 42.9 Å². The molecule has 0 saturated carbocycles. The normalized spacial score (nSPS) is 23.1. The van der Waals surface area contributed by atoms with Crippen LogP contribution in [0.2, 0.25) is 0 Å². The molecular weight excluding hydrogens is 208 g/mol. The van der Waals surface area contributed by atoms with Crippen molar-refractivity contribution in [3.8, 4) is 0 Å². The Bertz CT molecular complexity index is 360. The maximum Gasteiger partial charge on any atom is 0.0341 e. The molecule has 17 heavy (non-hydrogen) atoms. The van der Waals surface area contributed by atoms with Crippen LogP contribution in [0.25, 0.3) is 0 Å². The van der Waals surface area contributed by atoms with E-state index in [1.807, 2.05) is 0 Å². The van der Waals surface area contributed by atoms with Crippen LogP contribution in [0.15, 0.2) is 24.3 Å². The first-order valence-corrected chi connectivity index (χ1v) is 6.76. The van der Waals surface area contributed by atoms with E-state index in [0.717, 1.165) is 18.9 Å². The van der Waals surface area contributed by atoms with Crippen LogP contribution < -0.4 is 11.1 Å². The molecule has 3 N–H and O–H groups in total. The van der Waals surface area contributed by atoms with E-state index in [1.165, 1.54) is 24.0 Å². The molecule has 0 radical (unpaired) electrons. The molecule has 0 bridgehead atoms. The van der Waals surface area contributed by atoms with Gasteiger partial charge >= 0.3 is 0 Å². The van der Waals surface area contributed by atoms with Crippen LogP contribution in [0.4, 0.5) is 0 Å². The summed E-state index contributed by atoms with van der Waals surface area (Å²) in [4.78, 5) is 0. The highest BCUT2D eigenvalue weighted by atomic mass is 14.9. The van der Waals surface area contributed by atoms with Crippen LogP contribution in [0.1, 0.15) is 56.3 Å². The zero-order valence-electron chi connectivity index (χ0n) is 10.9. The van der Waals surface area contributed by atoms with Crippen LogP contribution in [-0.2, 0) is 0 Å². The summed E-state index contributed by atoms with van der Waals surface area (Å²) < 4.78 is 0. The van der Waals surface area contributed by atoms with E-state index in [4.69, 9.17) is 5.73 Å². The second-order valence-corrected chi connectivity index (χ2v) is 5.51. The summed E-state index contributed by atoms with van der Waals surface area (Å²) in [5, 5.41) is 3.64. The minimum absolute atomic E-state index is 0.216. The lowest BCUT2D eigenvalue weighted by Crippen LogP contribution is -2.21. The van der Waals surface area contributed by atoms with Gasteiger partial charge in [0.25, 0.3) is 0 Å². The third-order valence-electron chi connectivity index (χ3n) is 3.61. The fraction of sp³-hybridized carbons (Fsp3) is 0.600. The minimum Gasteiger partial charge on any atom is -0.324 e. The van der Waals surface area contributed by atoms with Crippen LogP contribution in [0.3, 0.4) is 0 Å². The molecule has 1 aliphatic rings. The molecule has 0 saturated heterocycles. The highest BCUT2D eigenvalue weighted by molar-refractivity contribution is 5.37. The Balaban J connectivity index is 1.87. The van der Waals surface area contributed by atoms with E-state index >= 15 is 0 Å². The molecule has 2 nitrogen and oxygen atoms in total. The summed E-state index contributed by atoms with van der Waals surface area (Å²) in [7, 11) is 0. The minimum atomic E-state index is 0.216. The number of rotatable bonds is 5. The molecule has 0 aliphatic heterocycles. The highest BCUT2D eigenvalue weighted by Gasteiger charge is 2.27. The van der Waals surface area contributed by atoms with Gasteiger partial charge in [0.15, 0.2) is 0 Å². The number of benzene rings is 1. The summed E-state index contributed by atoms with van der Waals surface area (Å²) in [5.74, 6) is 0.801. The molecule has 0 fully saturated rings. The quantitative estimate of drug-likeness (QED) is 0.765. The third kappa shape index (κ3) is 3.08. The highest BCUT2D eigenvalue weighted by Crippen LogP contribution is 2.36. The van der Waals surface area contributed by atoms with Gasteiger partial charge in [-0.2, -0.15) is 0 Å². The fourth-order valence-corrected chi connectivity index (χ4v) is 2.65. The Morgan fingerprint density at radius 3 is 2.71 bits per heavy atom. The van der Waals surface area contributed by atoms with Gasteiger partial charge in [0.1, 0.15) is 0 Å². The van der Waals surface area contributed by atoms with Crippen molar-refractivity contribution in [3.63, 3.8) is 0 Å². The van der Waals surface area contributed by atoms with Crippen LogP contribution >= 0.6 is 0 Å². The van der Waals surface area contributed by atoms with Crippen molar-refractivity contribution in [3.05, 3.63) is 35.4 Å². The van der Waals surface area contributed by atoms with E-state index in [1.54, 1.807) is 0 Å². The maximum atomic E-state index is 6.15. The molecule has 94 valence electrons. The summed E-state index contributed by atoms with van der Waals surface area (Å²) in [6.07, 6.45) is 3.60. The molecule has 1 aromatic carbocycles. The average molecular weight is 232 g/mol. The Hall–Kier alpha value is -0.860. The van der Waals surface area contributed by atoms with Crippen molar-refractivity contribution < 1.29 is 0 Å². The van der Waals surface area contributed by atoms with Gasteiger partial charge in [0, 0.05) is 12.1 Å². The molecule has 1 aliphatic carbocycles. The Morgan fingerprint density at radius 1 is 1.29 bits per heavy atom. The van der Waals surface area contributed by atoms with E-state index in [9.17, 15) is 0 Å². The molecule has 2 unspecified atom stereocenters. The number of fused-ring (bicyclic) bond motifs is 1. The topological polar surface area (TPSA) is 38.0 Å². The van der Waals surface area contributed by atoms with Crippen molar-refractivity contribution in [2.24, 2.45) is 11.7 Å². The molecule has 0 spiro atoms. The second kappa shape index (κ2) is 5.65. The van der Waals surface area contributed by atoms with Gasteiger partial charge in [0.2, 0.25) is 0 Å². The van der Waals surface area contributed by atoms with Gasteiger partial charge < -0.3 is 11.1 Å². The van der Waals surface area contributed by atoms with Gasteiger partial charge in [0.05, 0.1) is 0 Å². The third-order valence-corrected chi connectivity index (χ3v) is 3.61. The van der Waals surface area contributed by atoms with Gasteiger partial charge in [-0.3, -0.25) is 0 Å². The Labute approximate surface area is 105 Å². The summed E-state index contributed by atoms with van der Waals surface area (Å²) in [6, 6.07) is 9.25. The summed E-state index contributed by atoms with van der Waals surface area (Å²) >= 11 is 0. The first kappa shape index (κ1) is 12.6. The van der Waals surface area contributed by atoms with Crippen molar-refractivity contribution in [1.82, 2.24) is 5.32 Å². The average Bonchev–Trinajstić information content (AvgIpc) is 2.63. The first-order chi connectivity index (χ1) is 8.18. The van der Waals surface area contributed by atoms with Crippen molar-refractivity contribution >= 4 is 0 Å². The van der Waals surface area contributed by atoms with Crippen LogP contribution in [-0.4, -0.2) is 6.54 Å². The number of hydrogen-bond donors (Lipinski definition) is 2. The molecule has 0 amide bonds. The summed E-state index contributed by atoms with van der Waals surface area (Å²) in [5.41, 5.74) is 8.88. The van der Waals surface area contributed by atoms with Crippen LogP contribution in [0, 0.1) is 5.92 Å². The van der Waals surface area contributed by atoms with Crippen LogP contribution in [0.5, 0.6) is 0 Å². The number of nitrogens with two attached hydrogens (primary N) is 1. The predicted molar refractivity (Wildman–Crippen MR) is 72.8 cm³/mol. The molecule has 0 heterocycles. The van der Waals surface area contributed by atoms with Gasteiger partial charge in [-0.15, -0.1) is 0 Å². The SMILES string of the molecule is CC(C)CCCNC1CC(N)c2ccccc21. The van der Waals surface area contributed by atoms with Crippen molar-refractivity contribution in [2.75, 3.05) is 6.54 Å². The molecule has 2 atom stereocenters. The molecule has 0 aromatic heterocycles. The zero-order chi connectivity index (χ0) is 12.3. The predicted octanol–water partition coefficient (Wildman–Crippen LogP) is 3.16. The lowest BCUT2D eigenvalue weighted by Gasteiger charge is -2.14. The monoisotopic (exact) mass is 232 g/mol. The van der Waals surface area contributed by atoms with Gasteiger partial charge in [-0.25, -0.2) is 0 Å². The maximum absolute atomic E-state index is 6.15. The second-order valence-electron chi connectivity index (χ2n) is 5.51. The van der Waals surface area contributed by atoms with E-state index < -0.39 is 0 Å². The first-order valence-electron chi connectivity index (χ1n) is 6.76. The van der Waals surface area contributed by atoms with E-state index in [-0.39, 0.29) is 6.04 Å². The number of nitrogens with one attached hydrogen (secondary N) is 1. The van der Waals surface area contributed by atoms with E-state index in [0.29, 0.717) is 6.04 Å². The fourth-order valence-electron chi connectivity index (χ4n) is 2.65. The standard InChI is InChI=1S/C15H24N2/c1-11(2)6-5-9-17-15-10-14(16)12-7-3-4-8-13(12)15/h3-4,7-8,11,14-15,17H,5-6,9-10,16H2,1-2H3. The molecule has 2 heteroatoms. The molecule has 1 aromatic rings. The largest absolute Gasteiger partial charge is 0.324 e. The molecule has 2 rings (SSSR count). The Morgan fingerprint density at radius 2 is 2.00 bits per heavy atom. The zero-order valence-corrected chi connectivity index (χ0v) is 10.9. The van der Waals surface area contributed by atoms with Gasteiger partial charge in [-0.1, -0.05) is 38.1 Å². The Kier molecular flexibility index (Phi) is 4.19. The number of hydrogen-bond acceptors (Lipinski definition) is 2. The lowest BCUT2D eigenvalue weighted by atomic mass is 10.1. The van der Waals surface area contributed by atoms with E-state index in [2.05, 4.69) is 43.4 Å². The van der Waals surface area contributed by atoms with Crippen molar-refractivity contribution in [1.29, 1.82) is 0 Å². The van der Waals surface area contributed by atoms with Crippen molar-refractivity contribution in [2.45, 2.75) is 45.2 Å².